The molecule has 0 aromatic carbocycles. The van der Waals surface area contributed by atoms with Gasteiger partial charge in [-0.05, 0) is 13.8 Å². The zero-order valence-electron chi connectivity index (χ0n) is 5.44. The van der Waals surface area contributed by atoms with Crippen molar-refractivity contribution < 1.29 is 0 Å². The fourth-order valence-electron chi connectivity index (χ4n) is 0.483. The minimum atomic E-state index is -0.191. The summed E-state index contributed by atoms with van der Waals surface area (Å²) in [6.07, 6.45) is 3.29. The molecule has 3 nitrogen and oxygen atoms in total. The van der Waals surface area contributed by atoms with Crippen molar-refractivity contribution in [3.63, 3.8) is 0 Å². The van der Waals surface area contributed by atoms with Crippen LogP contribution in [0, 0.1) is 0 Å². The van der Waals surface area contributed by atoms with Gasteiger partial charge in [-0.1, -0.05) is 0 Å². The third kappa shape index (κ3) is 1.45. The van der Waals surface area contributed by atoms with Crippen LogP contribution < -0.4 is 0 Å². The van der Waals surface area contributed by atoms with Crippen LogP contribution in [0.5, 0.6) is 0 Å². The maximum Gasteiger partial charge on any atom is 0.120 e. The minimum Gasteiger partial charge on any atom is -0.306 e. The molecule has 0 unspecified atom stereocenters. The van der Waals surface area contributed by atoms with E-state index in [1.165, 1.54) is 0 Å². The van der Waals surface area contributed by atoms with Gasteiger partial charge in [0.2, 0.25) is 0 Å². The van der Waals surface area contributed by atoms with E-state index >= 15 is 0 Å². The third-order valence-corrected chi connectivity index (χ3v) is 1.28. The molecule has 0 saturated carbocycles. The van der Waals surface area contributed by atoms with Crippen molar-refractivity contribution in [2.75, 3.05) is 0 Å². The monoisotopic (exact) mass is 143 g/mol. The van der Waals surface area contributed by atoms with Crippen LogP contribution in [0.4, 0.5) is 0 Å². The first-order valence-corrected chi connectivity index (χ1v) is 3.13. The molecule has 0 N–H and O–H groups in total. The van der Waals surface area contributed by atoms with Crippen LogP contribution in [0.3, 0.4) is 0 Å². The van der Waals surface area contributed by atoms with Gasteiger partial charge in [-0.15, -0.1) is 10.2 Å². The first kappa shape index (κ1) is 6.61. The summed E-state index contributed by atoms with van der Waals surface area (Å²) in [5.74, 6) is 0. The standard InChI is InChI=1S/C5H9N3S/c1-5(2,9)8-3-6-7-4-8/h3-4,9H,1-2H3. The molecule has 1 heterocycles. The van der Waals surface area contributed by atoms with Crippen molar-refractivity contribution in [2.24, 2.45) is 0 Å². The molecule has 0 aliphatic heterocycles. The largest absolute Gasteiger partial charge is 0.306 e. The Morgan fingerprint density at radius 3 is 2.00 bits per heavy atom. The van der Waals surface area contributed by atoms with Gasteiger partial charge in [0.15, 0.2) is 0 Å². The Labute approximate surface area is 59.5 Å². The molecule has 1 aromatic rings. The normalized spacial score (nSPS) is 11.9. The van der Waals surface area contributed by atoms with Gasteiger partial charge in [-0.2, -0.15) is 12.6 Å². The van der Waals surface area contributed by atoms with E-state index in [0.717, 1.165) is 0 Å². The smallest absolute Gasteiger partial charge is 0.120 e. The lowest BCUT2D eigenvalue weighted by Gasteiger charge is -2.17. The Morgan fingerprint density at radius 2 is 1.78 bits per heavy atom. The Morgan fingerprint density at radius 1 is 1.33 bits per heavy atom. The second kappa shape index (κ2) is 2.02. The fourth-order valence-corrected chi connectivity index (χ4v) is 0.587. The van der Waals surface area contributed by atoms with E-state index in [4.69, 9.17) is 0 Å². The number of hydrogen-bond acceptors (Lipinski definition) is 3. The molecular formula is C5H9N3S. The number of thiol groups is 1. The first-order chi connectivity index (χ1) is 4.11. The molecule has 0 amide bonds. The zero-order valence-corrected chi connectivity index (χ0v) is 6.34. The van der Waals surface area contributed by atoms with Crippen LogP contribution in [-0.2, 0) is 4.87 Å². The van der Waals surface area contributed by atoms with E-state index in [1.807, 2.05) is 18.4 Å². The highest BCUT2D eigenvalue weighted by atomic mass is 32.1. The average molecular weight is 143 g/mol. The van der Waals surface area contributed by atoms with Gasteiger partial charge < -0.3 is 4.57 Å². The summed E-state index contributed by atoms with van der Waals surface area (Å²) in [5.41, 5.74) is 0. The molecule has 0 fully saturated rings. The van der Waals surface area contributed by atoms with Gasteiger partial charge in [-0.25, -0.2) is 0 Å². The van der Waals surface area contributed by atoms with E-state index in [9.17, 15) is 0 Å². The number of aromatic nitrogens is 3. The van der Waals surface area contributed by atoms with Crippen molar-refractivity contribution >= 4 is 12.6 Å². The van der Waals surface area contributed by atoms with E-state index in [2.05, 4.69) is 22.8 Å². The summed E-state index contributed by atoms with van der Waals surface area (Å²) in [4.78, 5) is -0.191. The van der Waals surface area contributed by atoms with Gasteiger partial charge in [0.25, 0.3) is 0 Å². The second-order valence-corrected chi connectivity index (χ2v) is 3.46. The van der Waals surface area contributed by atoms with Crippen molar-refractivity contribution in [1.29, 1.82) is 0 Å². The zero-order chi connectivity index (χ0) is 6.91. The Hall–Kier alpha value is -0.510. The third-order valence-electron chi connectivity index (χ3n) is 1.05. The van der Waals surface area contributed by atoms with Gasteiger partial charge in [0.05, 0.1) is 4.87 Å². The first-order valence-electron chi connectivity index (χ1n) is 2.68. The van der Waals surface area contributed by atoms with Crippen molar-refractivity contribution in [2.45, 2.75) is 18.7 Å². The van der Waals surface area contributed by atoms with Crippen molar-refractivity contribution in [3.8, 4) is 0 Å². The quantitative estimate of drug-likeness (QED) is 0.592. The van der Waals surface area contributed by atoms with Crippen LogP contribution in [0.15, 0.2) is 12.7 Å². The molecule has 1 aromatic heterocycles. The van der Waals surface area contributed by atoms with Gasteiger partial charge in [0.1, 0.15) is 12.7 Å². The molecule has 0 atom stereocenters. The van der Waals surface area contributed by atoms with Crippen LogP contribution in [0.25, 0.3) is 0 Å². The molecule has 0 saturated heterocycles. The fraction of sp³-hybridized carbons (Fsp3) is 0.600. The molecule has 1 rings (SSSR count). The van der Waals surface area contributed by atoms with Gasteiger partial charge >= 0.3 is 0 Å². The lowest BCUT2D eigenvalue weighted by molar-refractivity contribution is 0.540. The summed E-state index contributed by atoms with van der Waals surface area (Å²) in [6, 6.07) is 0. The maximum atomic E-state index is 4.29. The molecule has 0 spiro atoms. The predicted molar refractivity (Wildman–Crippen MR) is 38.3 cm³/mol. The molecule has 50 valence electrons. The molecule has 9 heavy (non-hydrogen) atoms. The summed E-state index contributed by atoms with van der Waals surface area (Å²) >= 11 is 4.29. The van der Waals surface area contributed by atoms with Crippen LogP contribution in [-0.4, -0.2) is 14.8 Å². The summed E-state index contributed by atoms with van der Waals surface area (Å²) in [6.45, 7) is 3.94. The summed E-state index contributed by atoms with van der Waals surface area (Å²) in [5, 5.41) is 7.31. The average Bonchev–Trinajstić information content (AvgIpc) is 2.08. The lowest BCUT2D eigenvalue weighted by atomic mass is 10.4. The summed E-state index contributed by atoms with van der Waals surface area (Å²) < 4.78 is 1.83. The predicted octanol–water partition coefficient (Wildman–Crippen LogP) is 0.901. The van der Waals surface area contributed by atoms with Gasteiger partial charge in [0, 0.05) is 0 Å². The Kier molecular flexibility index (Phi) is 1.48. The Bertz CT molecular complexity index is 175. The van der Waals surface area contributed by atoms with Crippen LogP contribution in [0.2, 0.25) is 0 Å². The van der Waals surface area contributed by atoms with E-state index in [-0.39, 0.29) is 4.87 Å². The van der Waals surface area contributed by atoms with E-state index in [0.29, 0.717) is 0 Å². The molecular weight excluding hydrogens is 134 g/mol. The topological polar surface area (TPSA) is 30.7 Å². The van der Waals surface area contributed by atoms with E-state index in [1.54, 1.807) is 12.7 Å². The summed E-state index contributed by atoms with van der Waals surface area (Å²) in [7, 11) is 0. The minimum absolute atomic E-state index is 0.191. The van der Waals surface area contributed by atoms with E-state index < -0.39 is 0 Å². The molecule has 4 heteroatoms. The lowest BCUT2D eigenvalue weighted by Crippen LogP contribution is -2.16. The highest BCUT2D eigenvalue weighted by Crippen LogP contribution is 2.16. The van der Waals surface area contributed by atoms with Crippen molar-refractivity contribution in [1.82, 2.24) is 14.8 Å². The second-order valence-electron chi connectivity index (χ2n) is 2.36. The molecule has 0 radical (unpaired) electrons. The number of hydrogen-bond donors (Lipinski definition) is 1. The Balaban J connectivity index is 2.90. The van der Waals surface area contributed by atoms with Crippen LogP contribution in [0.1, 0.15) is 13.8 Å². The van der Waals surface area contributed by atoms with Crippen molar-refractivity contribution in [3.05, 3.63) is 12.7 Å². The molecule has 0 aliphatic rings. The highest BCUT2D eigenvalue weighted by molar-refractivity contribution is 7.81. The number of nitrogens with zero attached hydrogens (tertiary/aromatic N) is 3. The SMILES string of the molecule is CC(C)(S)n1cnnc1. The molecule has 0 aliphatic carbocycles. The molecule has 0 bridgehead atoms. The maximum absolute atomic E-state index is 4.29. The van der Waals surface area contributed by atoms with Gasteiger partial charge in [-0.3, -0.25) is 0 Å². The van der Waals surface area contributed by atoms with Crippen LogP contribution >= 0.6 is 12.6 Å². The number of rotatable bonds is 1. The highest BCUT2D eigenvalue weighted by Gasteiger charge is 2.11.